The molecule has 0 spiro atoms. The molecule has 0 N–H and O–H groups in total. The van der Waals surface area contributed by atoms with Crippen LogP contribution in [-0.2, 0) is 6.54 Å². The molecule has 0 atom stereocenters. The maximum absolute atomic E-state index is 13.7. The number of hydrogen-bond acceptors (Lipinski definition) is 2. The molecule has 1 aromatic heterocycles. The molecule has 0 fully saturated rings. The predicted octanol–water partition coefficient (Wildman–Crippen LogP) is 3.62. The first kappa shape index (κ1) is 13.0. The highest BCUT2D eigenvalue weighted by molar-refractivity contribution is 9.09. The zero-order valence-electron chi connectivity index (χ0n) is 9.89. The second-order valence-electron chi connectivity index (χ2n) is 3.90. The lowest BCUT2D eigenvalue weighted by Crippen LogP contribution is -2.26. The van der Waals surface area contributed by atoms with Crippen LogP contribution in [0.1, 0.15) is 5.56 Å². The van der Waals surface area contributed by atoms with Gasteiger partial charge in [0.25, 0.3) is 0 Å². The Balaban J connectivity index is 2.21. The third-order valence-electron chi connectivity index (χ3n) is 2.61. The summed E-state index contributed by atoms with van der Waals surface area (Å²) >= 11 is 3.39. The molecule has 18 heavy (non-hydrogen) atoms. The van der Waals surface area contributed by atoms with Gasteiger partial charge in [-0.15, -0.1) is 0 Å². The van der Waals surface area contributed by atoms with Crippen molar-refractivity contribution in [2.45, 2.75) is 6.54 Å². The topological polar surface area (TPSA) is 16.1 Å². The Morgan fingerprint density at radius 2 is 1.89 bits per heavy atom. The van der Waals surface area contributed by atoms with E-state index in [1.807, 2.05) is 35.2 Å². The fourth-order valence-corrected chi connectivity index (χ4v) is 2.20. The van der Waals surface area contributed by atoms with Gasteiger partial charge in [0.1, 0.15) is 0 Å². The summed E-state index contributed by atoms with van der Waals surface area (Å²) in [6.45, 7) is 1.36. The van der Waals surface area contributed by atoms with Crippen molar-refractivity contribution in [3.05, 3.63) is 60.0 Å². The molecule has 0 unspecified atom stereocenters. The normalized spacial score (nSPS) is 10.3. The molecule has 0 radical (unpaired) electrons. The number of anilines is 1. The molecule has 94 valence electrons. The van der Waals surface area contributed by atoms with E-state index in [1.165, 1.54) is 6.07 Å². The lowest BCUT2D eigenvalue weighted by molar-refractivity contribution is 0.610. The third kappa shape index (κ3) is 3.29. The van der Waals surface area contributed by atoms with Crippen LogP contribution in [0.25, 0.3) is 0 Å². The van der Waals surface area contributed by atoms with Crippen LogP contribution < -0.4 is 4.90 Å². The van der Waals surface area contributed by atoms with E-state index in [2.05, 4.69) is 20.9 Å². The lowest BCUT2D eigenvalue weighted by atomic mass is 10.2. The molecule has 4 heteroatoms. The second kappa shape index (κ2) is 6.50. The minimum atomic E-state index is -0.283. The Bertz CT molecular complexity index is 490. The van der Waals surface area contributed by atoms with E-state index in [4.69, 9.17) is 0 Å². The highest BCUT2D eigenvalue weighted by Gasteiger charge is 2.12. The molecule has 0 aliphatic rings. The van der Waals surface area contributed by atoms with Crippen molar-refractivity contribution < 1.29 is 4.39 Å². The van der Waals surface area contributed by atoms with E-state index in [1.54, 1.807) is 12.3 Å². The second-order valence-corrected chi connectivity index (χ2v) is 4.70. The van der Waals surface area contributed by atoms with Crippen LogP contribution in [0.15, 0.2) is 48.7 Å². The zero-order chi connectivity index (χ0) is 12.8. The summed E-state index contributed by atoms with van der Waals surface area (Å²) in [5, 5.41) is 0.774. The van der Waals surface area contributed by atoms with E-state index in [0.29, 0.717) is 18.9 Å². The zero-order valence-corrected chi connectivity index (χ0v) is 11.5. The SMILES string of the molecule is Fc1cccnc1N(CCBr)Cc1ccccc1. The largest absolute Gasteiger partial charge is 0.349 e. The number of pyridine rings is 1. The van der Waals surface area contributed by atoms with Crippen LogP contribution in [0.4, 0.5) is 10.2 Å². The molecule has 0 aliphatic carbocycles. The first-order valence-electron chi connectivity index (χ1n) is 5.76. The fraction of sp³-hybridized carbons (Fsp3) is 0.214. The van der Waals surface area contributed by atoms with Crippen molar-refractivity contribution in [1.29, 1.82) is 0 Å². The van der Waals surface area contributed by atoms with Gasteiger partial charge in [0.05, 0.1) is 0 Å². The van der Waals surface area contributed by atoms with Gasteiger partial charge >= 0.3 is 0 Å². The molecule has 1 heterocycles. The minimum absolute atomic E-state index is 0.283. The number of rotatable bonds is 5. The summed E-state index contributed by atoms with van der Waals surface area (Å²) in [4.78, 5) is 6.05. The molecule has 2 rings (SSSR count). The van der Waals surface area contributed by atoms with Gasteiger partial charge in [-0.25, -0.2) is 9.37 Å². The first-order chi connectivity index (χ1) is 8.81. The maximum atomic E-state index is 13.7. The maximum Gasteiger partial charge on any atom is 0.165 e. The smallest absolute Gasteiger partial charge is 0.165 e. The van der Waals surface area contributed by atoms with Gasteiger partial charge in [-0.3, -0.25) is 0 Å². The number of alkyl halides is 1. The van der Waals surface area contributed by atoms with E-state index < -0.39 is 0 Å². The number of aromatic nitrogens is 1. The van der Waals surface area contributed by atoms with Crippen molar-refractivity contribution in [2.75, 3.05) is 16.8 Å². The summed E-state index contributed by atoms with van der Waals surface area (Å²) < 4.78 is 13.7. The van der Waals surface area contributed by atoms with E-state index >= 15 is 0 Å². The summed E-state index contributed by atoms with van der Waals surface area (Å²) in [7, 11) is 0. The molecular weight excluding hydrogens is 295 g/mol. The first-order valence-corrected chi connectivity index (χ1v) is 6.89. The molecule has 0 amide bonds. The van der Waals surface area contributed by atoms with E-state index in [9.17, 15) is 4.39 Å². The summed E-state index contributed by atoms with van der Waals surface area (Å²) in [6.07, 6.45) is 1.62. The summed E-state index contributed by atoms with van der Waals surface area (Å²) in [6, 6.07) is 13.0. The van der Waals surface area contributed by atoms with Crippen LogP contribution in [0.2, 0.25) is 0 Å². The van der Waals surface area contributed by atoms with Crippen molar-refractivity contribution >= 4 is 21.7 Å². The standard InChI is InChI=1S/C14H14BrFN2/c15-8-10-18(11-12-5-2-1-3-6-12)14-13(16)7-4-9-17-14/h1-7,9H,8,10-11H2. The molecule has 0 aliphatic heterocycles. The predicted molar refractivity (Wildman–Crippen MR) is 75.5 cm³/mol. The Labute approximate surface area is 115 Å². The number of hydrogen-bond donors (Lipinski definition) is 0. The van der Waals surface area contributed by atoms with Crippen LogP contribution in [-0.4, -0.2) is 16.9 Å². The number of nitrogens with zero attached hydrogens (tertiary/aromatic N) is 2. The van der Waals surface area contributed by atoms with Gasteiger partial charge < -0.3 is 4.90 Å². The summed E-state index contributed by atoms with van der Waals surface area (Å²) in [5.41, 5.74) is 1.14. The van der Waals surface area contributed by atoms with E-state index in [0.717, 1.165) is 10.9 Å². The third-order valence-corrected chi connectivity index (χ3v) is 2.96. The van der Waals surface area contributed by atoms with Crippen molar-refractivity contribution in [3.63, 3.8) is 0 Å². The molecule has 2 nitrogen and oxygen atoms in total. The minimum Gasteiger partial charge on any atom is -0.349 e. The van der Waals surface area contributed by atoms with Gasteiger partial charge in [0.2, 0.25) is 0 Å². The molecule has 0 saturated heterocycles. The average Bonchev–Trinajstić information content (AvgIpc) is 2.40. The van der Waals surface area contributed by atoms with Crippen molar-refractivity contribution in [3.8, 4) is 0 Å². The van der Waals surface area contributed by atoms with Crippen LogP contribution in [0, 0.1) is 5.82 Å². The fourth-order valence-electron chi connectivity index (χ4n) is 1.78. The monoisotopic (exact) mass is 308 g/mol. The molecule has 0 saturated carbocycles. The van der Waals surface area contributed by atoms with Crippen LogP contribution in [0.3, 0.4) is 0 Å². The molecule has 2 aromatic rings. The molecule has 0 bridgehead atoms. The van der Waals surface area contributed by atoms with Gasteiger partial charge in [-0.2, -0.15) is 0 Å². The van der Waals surface area contributed by atoms with E-state index in [-0.39, 0.29) is 5.82 Å². The van der Waals surface area contributed by atoms with Gasteiger partial charge in [-0.1, -0.05) is 46.3 Å². The highest BCUT2D eigenvalue weighted by atomic mass is 79.9. The molecular formula is C14H14BrFN2. The quantitative estimate of drug-likeness (QED) is 0.784. The van der Waals surface area contributed by atoms with Crippen LogP contribution >= 0.6 is 15.9 Å². The van der Waals surface area contributed by atoms with Gasteiger partial charge in [0, 0.05) is 24.6 Å². The number of halogens is 2. The number of benzene rings is 1. The van der Waals surface area contributed by atoms with Crippen LogP contribution in [0.5, 0.6) is 0 Å². The van der Waals surface area contributed by atoms with Crippen molar-refractivity contribution in [2.24, 2.45) is 0 Å². The Morgan fingerprint density at radius 1 is 1.11 bits per heavy atom. The molecule has 1 aromatic carbocycles. The van der Waals surface area contributed by atoms with Gasteiger partial charge in [0.15, 0.2) is 11.6 Å². The van der Waals surface area contributed by atoms with Crippen molar-refractivity contribution in [1.82, 2.24) is 4.98 Å². The Morgan fingerprint density at radius 3 is 2.56 bits per heavy atom. The highest BCUT2D eigenvalue weighted by Crippen LogP contribution is 2.18. The summed E-state index contributed by atoms with van der Waals surface area (Å²) in [5.74, 6) is 0.121. The Hall–Kier alpha value is -1.42. The average molecular weight is 309 g/mol. The lowest BCUT2D eigenvalue weighted by Gasteiger charge is -2.23. The Kier molecular flexibility index (Phi) is 4.70. The van der Waals surface area contributed by atoms with Gasteiger partial charge in [-0.05, 0) is 17.7 Å².